The Bertz CT molecular complexity index is 823. The number of urea groups is 1. The number of nitrogens with zero attached hydrogens (tertiary/aromatic N) is 2. The number of carbonyl (C=O) groups is 3. The van der Waals surface area contributed by atoms with Gasteiger partial charge in [-0.2, -0.15) is 0 Å². The van der Waals surface area contributed by atoms with Gasteiger partial charge >= 0.3 is 6.03 Å². The van der Waals surface area contributed by atoms with Gasteiger partial charge in [0.1, 0.15) is 11.8 Å². The van der Waals surface area contributed by atoms with E-state index in [0.717, 1.165) is 11.1 Å². The maximum Gasteiger partial charge on any atom is 0.322 e. The maximum atomic E-state index is 13.1. The molecule has 1 atom stereocenters. The van der Waals surface area contributed by atoms with Crippen LogP contribution in [0.2, 0.25) is 0 Å². The van der Waals surface area contributed by atoms with Gasteiger partial charge in [-0.3, -0.25) is 19.9 Å². The van der Waals surface area contributed by atoms with Crippen molar-refractivity contribution in [2.24, 2.45) is 0 Å². The number of nitrogens with one attached hydrogen (secondary N) is 2. The van der Waals surface area contributed by atoms with Crippen molar-refractivity contribution in [3.63, 3.8) is 0 Å². The summed E-state index contributed by atoms with van der Waals surface area (Å²) >= 11 is 0. The standard InChI is InChI=1S/C19H20N4O4/c24-15-5-3-13(4-6-15)11-23(12-14-2-1-9-20-10-14)18(26)16-7-8-17(25)22-19(27)21-16/h1-6,9-10,16,24H,7-8,11-12H2,(H2,21,22,25,27)/t16-/m0/s1. The Hall–Kier alpha value is -3.42. The van der Waals surface area contributed by atoms with Crippen molar-refractivity contribution in [1.82, 2.24) is 20.5 Å². The quantitative estimate of drug-likeness (QED) is 0.737. The van der Waals surface area contributed by atoms with Crippen LogP contribution >= 0.6 is 0 Å². The average Bonchev–Trinajstić information content (AvgIpc) is 2.83. The zero-order valence-electron chi connectivity index (χ0n) is 14.6. The summed E-state index contributed by atoms with van der Waals surface area (Å²) in [5.41, 5.74) is 1.68. The van der Waals surface area contributed by atoms with Crippen molar-refractivity contribution < 1.29 is 19.5 Å². The van der Waals surface area contributed by atoms with Crippen molar-refractivity contribution in [2.45, 2.75) is 32.0 Å². The first-order valence-corrected chi connectivity index (χ1v) is 8.57. The summed E-state index contributed by atoms with van der Waals surface area (Å²) < 4.78 is 0. The number of carbonyl (C=O) groups excluding carboxylic acids is 3. The predicted molar refractivity (Wildman–Crippen MR) is 96.3 cm³/mol. The molecule has 8 nitrogen and oxygen atoms in total. The zero-order chi connectivity index (χ0) is 19.2. The van der Waals surface area contributed by atoms with Gasteiger partial charge in [-0.05, 0) is 35.7 Å². The van der Waals surface area contributed by atoms with Crippen molar-refractivity contribution in [3.8, 4) is 5.75 Å². The van der Waals surface area contributed by atoms with Gasteiger partial charge in [-0.15, -0.1) is 0 Å². The molecule has 4 amide bonds. The summed E-state index contributed by atoms with van der Waals surface area (Å²) in [6.45, 7) is 0.600. The van der Waals surface area contributed by atoms with E-state index in [1.165, 1.54) is 0 Å². The van der Waals surface area contributed by atoms with E-state index in [9.17, 15) is 19.5 Å². The van der Waals surface area contributed by atoms with E-state index in [4.69, 9.17) is 0 Å². The molecular formula is C19H20N4O4. The number of rotatable bonds is 5. The molecule has 0 spiro atoms. The lowest BCUT2D eigenvalue weighted by molar-refractivity contribution is -0.134. The maximum absolute atomic E-state index is 13.1. The van der Waals surface area contributed by atoms with E-state index in [-0.39, 0.29) is 24.5 Å². The monoisotopic (exact) mass is 368 g/mol. The van der Waals surface area contributed by atoms with Crippen LogP contribution in [-0.2, 0) is 22.7 Å². The Morgan fingerprint density at radius 3 is 2.59 bits per heavy atom. The van der Waals surface area contributed by atoms with E-state index < -0.39 is 18.0 Å². The molecule has 8 heteroatoms. The van der Waals surface area contributed by atoms with Crippen LogP contribution in [0.15, 0.2) is 48.8 Å². The molecule has 27 heavy (non-hydrogen) atoms. The Balaban J connectivity index is 1.81. The number of hydrogen-bond acceptors (Lipinski definition) is 5. The van der Waals surface area contributed by atoms with Crippen LogP contribution in [0.4, 0.5) is 4.79 Å². The highest BCUT2D eigenvalue weighted by Gasteiger charge is 2.29. The first-order chi connectivity index (χ1) is 13.0. The molecule has 1 aliphatic heterocycles. The number of imide groups is 1. The van der Waals surface area contributed by atoms with Gasteiger partial charge in [-0.1, -0.05) is 18.2 Å². The lowest BCUT2D eigenvalue weighted by Crippen LogP contribution is -2.49. The second-order valence-electron chi connectivity index (χ2n) is 6.33. The Morgan fingerprint density at radius 1 is 1.15 bits per heavy atom. The molecule has 2 heterocycles. The van der Waals surface area contributed by atoms with Gasteiger partial charge in [0.15, 0.2) is 0 Å². The Labute approximate surface area is 156 Å². The van der Waals surface area contributed by atoms with E-state index in [1.54, 1.807) is 47.6 Å². The van der Waals surface area contributed by atoms with E-state index in [0.29, 0.717) is 13.1 Å². The summed E-state index contributed by atoms with van der Waals surface area (Å²) in [7, 11) is 0. The predicted octanol–water partition coefficient (Wildman–Crippen LogP) is 1.30. The van der Waals surface area contributed by atoms with Crippen LogP contribution in [0.3, 0.4) is 0 Å². The van der Waals surface area contributed by atoms with Gasteiger partial charge in [0.2, 0.25) is 11.8 Å². The fourth-order valence-corrected chi connectivity index (χ4v) is 2.88. The van der Waals surface area contributed by atoms with Crippen molar-refractivity contribution in [1.29, 1.82) is 0 Å². The minimum Gasteiger partial charge on any atom is -0.508 e. The molecule has 3 N–H and O–H groups in total. The van der Waals surface area contributed by atoms with Gasteiger partial charge in [0.25, 0.3) is 0 Å². The second kappa shape index (κ2) is 8.31. The molecule has 1 aromatic heterocycles. The fraction of sp³-hybridized carbons (Fsp3) is 0.263. The third-order valence-corrected chi connectivity index (χ3v) is 4.23. The number of phenols is 1. The Morgan fingerprint density at radius 2 is 1.89 bits per heavy atom. The van der Waals surface area contributed by atoms with Crippen molar-refractivity contribution in [3.05, 3.63) is 59.9 Å². The largest absolute Gasteiger partial charge is 0.508 e. The summed E-state index contributed by atoms with van der Waals surface area (Å²) in [5.74, 6) is -0.540. The highest BCUT2D eigenvalue weighted by atomic mass is 16.3. The molecule has 1 saturated heterocycles. The van der Waals surface area contributed by atoms with E-state index >= 15 is 0 Å². The van der Waals surface area contributed by atoms with Gasteiger partial charge in [-0.25, -0.2) is 4.79 Å². The van der Waals surface area contributed by atoms with Crippen molar-refractivity contribution in [2.75, 3.05) is 0 Å². The van der Waals surface area contributed by atoms with Crippen LogP contribution in [-0.4, -0.2) is 38.9 Å². The number of benzene rings is 1. The molecule has 0 bridgehead atoms. The van der Waals surface area contributed by atoms with E-state index in [1.807, 2.05) is 6.07 Å². The van der Waals surface area contributed by atoms with Crippen molar-refractivity contribution >= 4 is 17.8 Å². The lowest BCUT2D eigenvalue weighted by atomic mass is 10.1. The molecule has 0 saturated carbocycles. The fourth-order valence-electron chi connectivity index (χ4n) is 2.88. The number of hydrogen-bond donors (Lipinski definition) is 3. The van der Waals surface area contributed by atoms with E-state index in [2.05, 4.69) is 15.6 Å². The molecule has 1 aliphatic rings. The highest BCUT2D eigenvalue weighted by Crippen LogP contribution is 2.16. The average molecular weight is 368 g/mol. The highest BCUT2D eigenvalue weighted by molar-refractivity contribution is 5.98. The molecule has 0 aliphatic carbocycles. The molecular weight excluding hydrogens is 348 g/mol. The molecule has 0 radical (unpaired) electrons. The summed E-state index contributed by atoms with van der Waals surface area (Å²) in [6.07, 6.45) is 3.65. The van der Waals surface area contributed by atoms with Crippen LogP contribution in [0.1, 0.15) is 24.0 Å². The smallest absolute Gasteiger partial charge is 0.322 e. The topological polar surface area (TPSA) is 112 Å². The minimum atomic E-state index is -0.787. The third kappa shape index (κ3) is 5.04. The molecule has 140 valence electrons. The van der Waals surface area contributed by atoms with Crippen LogP contribution in [0.5, 0.6) is 5.75 Å². The van der Waals surface area contributed by atoms with Crippen LogP contribution < -0.4 is 10.6 Å². The normalized spacial score (nSPS) is 16.8. The summed E-state index contributed by atoms with van der Waals surface area (Å²) in [4.78, 5) is 42.0. The molecule has 3 rings (SSSR count). The SMILES string of the molecule is O=C1CC[C@@H](C(=O)N(Cc2ccc(O)cc2)Cc2cccnc2)NC(=O)N1. The van der Waals surface area contributed by atoms with Gasteiger partial charge < -0.3 is 15.3 Å². The molecule has 2 aromatic rings. The molecule has 0 unspecified atom stereocenters. The molecule has 1 fully saturated rings. The van der Waals surface area contributed by atoms with Crippen LogP contribution in [0.25, 0.3) is 0 Å². The zero-order valence-corrected chi connectivity index (χ0v) is 14.6. The number of phenolic OH excluding ortho intramolecular Hbond substituents is 1. The summed E-state index contributed by atoms with van der Waals surface area (Å²) in [5, 5.41) is 14.2. The molecule has 1 aromatic carbocycles. The lowest BCUT2D eigenvalue weighted by Gasteiger charge is -2.27. The van der Waals surface area contributed by atoms with Gasteiger partial charge in [0.05, 0.1) is 0 Å². The minimum absolute atomic E-state index is 0.0923. The third-order valence-electron chi connectivity index (χ3n) is 4.23. The van der Waals surface area contributed by atoms with Crippen LogP contribution in [0, 0.1) is 0 Å². The Kier molecular flexibility index (Phi) is 5.65. The number of pyridine rings is 1. The first kappa shape index (κ1) is 18.4. The first-order valence-electron chi connectivity index (χ1n) is 8.57. The number of aromatic nitrogens is 1. The van der Waals surface area contributed by atoms with Gasteiger partial charge in [0, 0.05) is 31.9 Å². The number of aromatic hydroxyl groups is 1. The second-order valence-corrected chi connectivity index (χ2v) is 6.33. The number of amides is 4. The summed E-state index contributed by atoms with van der Waals surface area (Å²) in [6, 6.07) is 8.77.